The van der Waals surface area contributed by atoms with E-state index in [1.807, 2.05) is 19.0 Å². The van der Waals surface area contributed by atoms with E-state index < -0.39 is 21.6 Å². The summed E-state index contributed by atoms with van der Waals surface area (Å²) in [6.07, 6.45) is 0. The Morgan fingerprint density at radius 1 is 1.21 bits per heavy atom. The predicted octanol–water partition coefficient (Wildman–Crippen LogP) is 2.23. The third-order valence-corrected chi connectivity index (χ3v) is 5.03. The van der Waals surface area contributed by atoms with Crippen LogP contribution in [0.25, 0.3) is 0 Å². The van der Waals surface area contributed by atoms with E-state index in [1.54, 1.807) is 32.9 Å². The zero-order valence-corrected chi connectivity index (χ0v) is 16.3. The van der Waals surface area contributed by atoms with Crippen LogP contribution in [0, 0.1) is 0 Å². The molecule has 0 fully saturated rings. The molecule has 0 N–H and O–H groups in total. The summed E-state index contributed by atoms with van der Waals surface area (Å²) in [4.78, 5) is 14.0. The Kier molecular flexibility index (Phi) is 7.22. The average molecular weight is 377 g/mol. The van der Waals surface area contributed by atoms with Crippen LogP contribution in [0.3, 0.4) is 0 Å². The fourth-order valence-electron chi connectivity index (χ4n) is 1.89. The quantitative estimate of drug-likeness (QED) is 0.683. The minimum absolute atomic E-state index is 0.0531. The number of carbonyl (C=O) groups is 1. The van der Waals surface area contributed by atoms with Crippen LogP contribution in [0.2, 0.25) is 5.02 Å². The van der Waals surface area contributed by atoms with Gasteiger partial charge in [0, 0.05) is 18.1 Å². The van der Waals surface area contributed by atoms with E-state index in [4.69, 9.17) is 16.3 Å². The highest BCUT2D eigenvalue weighted by Crippen LogP contribution is 2.20. The molecule has 0 unspecified atom stereocenters. The highest BCUT2D eigenvalue weighted by atomic mass is 35.5. The number of hydrogen-bond donors (Lipinski definition) is 0. The second-order valence-electron chi connectivity index (χ2n) is 6.69. The molecular formula is C16H25ClN2O4S. The minimum atomic E-state index is -3.85. The zero-order chi connectivity index (χ0) is 18.5. The molecular weight excluding hydrogens is 352 g/mol. The number of benzene rings is 1. The lowest BCUT2D eigenvalue weighted by molar-refractivity contribution is -0.155. The maximum absolute atomic E-state index is 12.8. The van der Waals surface area contributed by atoms with Gasteiger partial charge in [-0.05, 0) is 53.1 Å². The molecule has 0 amide bonds. The van der Waals surface area contributed by atoms with Crippen LogP contribution in [0.4, 0.5) is 0 Å². The summed E-state index contributed by atoms with van der Waals surface area (Å²) >= 11 is 5.89. The van der Waals surface area contributed by atoms with Crippen molar-refractivity contribution in [2.75, 3.05) is 33.7 Å². The second kappa shape index (κ2) is 8.29. The van der Waals surface area contributed by atoms with E-state index in [1.165, 1.54) is 12.1 Å². The van der Waals surface area contributed by atoms with Gasteiger partial charge in [0.05, 0.1) is 4.90 Å². The lowest BCUT2D eigenvalue weighted by Crippen LogP contribution is -2.41. The van der Waals surface area contributed by atoms with Gasteiger partial charge < -0.3 is 9.64 Å². The summed E-state index contributed by atoms with van der Waals surface area (Å²) in [5.41, 5.74) is -0.676. The van der Waals surface area contributed by atoms with Crippen LogP contribution in [0.5, 0.6) is 0 Å². The molecule has 136 valence electrons. The van der Waals surface area contributed by atoms with Gasteiger partial charge in [-0.1, -0.05) is 17.7 Å². The molecule has 24 heavy (non-hydrogen) atoms. The Labute approximate surface area is 149 Å². The molecule has 1 aromatic rings. The third kappa shape index (κ3) is 6.76. The van der Waals surface area contributed by atoms with Gasteiger partial charge in [-0.15, -0.1) is 0 Å². The number of halogens is 1. The van der Waals surface area contributed by atoms with Crippen molar-refractivity contribution in [3.8, 4) is 0 Å². The summed E-state index contributed by atoms with van der Waals surface area (Å²) in [7, 11) is -0.186. The number of rotatable bonds is 7. The Morgan fingerprint density at radius 3 is 2.33 bits per heavy atom. The fraction of sp³-hybridized carbons (Fsp3) is 0.562. The Bertz CT molecular complexity index is 669. The smallest absolute Gasteiger partial charge is 0.321 e. The van der Waals surface area contributed by atoms with Gasteiger partial charge in [-0.25, -0.2) is 8.42 Å². The van der Waals surface area contributed by atoms with E-state index in [-0.39, 0.29) is 18.0 Å². The maximum Gasteiger partial charge on any atom is 0.321 e. The first kappa shape index (κ1) is 20.9. The Morgan fingerprint density at radius 2 is 1.83 bits per heavy atom. The largest absolute Gasteiger partial charge is 0.459 e. The van der Waals surface area contributed by atoms with Crippen molar-refractivity contribution >= 4 is 27.6 Å². The second-order valence-corrected chi connectivity index (χ2v) is 9.06. The summed E-state index contributed by atoms with van der Waals surface area (Å²) < 4.78 is 32.0. The maximum atomic E-state index is 12.8. The minimum Gasteiger partial charge on any atom is -0.459 e. The summed E-state index contributed by atoms with van der Waals surface area (Å²) in [6, 6.07) is 5.99. The van der Waals surface area contributed by atoms with Gasteiger partial charge in [0.15, 0.2) is 0 Å². The van der Waals surface area contributed by atoms with Crippen molar-refractivity contribution in [2.45, 2.75) is 31.3 Å². The van der Waals surface area contributed by atoms with E-state index in [0.29, 0.717) is 11.6 Å². The number of ether oxygens (including phenoxy) is 1. The molecule has 8 heteroatoms. The van der Waals surface area contributed by atoms with Gasteiger partial charge in [0.25, 0.3) is 0 Å². The van der Waals surface area contributed by atoms with Crippen LogP contribution >= 0.6 is 11.6 Å². The van der Waals surface area contributed by atoms with Gasteiger partial charge in [-0.3, -0.25) is 4.79 Å². The van der Waals surface area contributed by atoms with Crippen molar-refractivity contribution in [1.29, 1.82) is 0 Å². The number of likely N-dealkylation sites (N-methyl/N-ethyl adjacent to an activating group) is 1. The lowest BCUT2D eigenvalue weighted by Gasteiger charge is -2.25. The van der Waals surface area contributed by atoms with Crippen LogP contribution in [-0.4, -0.2) is 62.9 Å². The molecule has 0 atom stereocenters. The molecule has 0 aliphatic heterocycles. The van der Waals surface area contributed by atoms with Crippen LogP contribution < -0.4 is 0 Å². The van der Waals surface area contributed by atoms with E-state index in [2.05, 4.69) is 0 Å². The number of carbonyl (C=O) groups excluding carboxylic acids is 1. The van der Waals surface area contributed by atoms with Crippen molar-refractivity contribution in [2.24, 2.45) is 0 Å². The summed E-state index contributed by atoms with van der Waals surface area (Å²) in [5.74, 6) is -0.591. The number of esters is 1. The molecule has 0 aliphatic rings. The first-order valence-electron chi connectivity index (χ1n) is 7.54. The molecule has 0 spiro atoms. The van der Waals surface area contributed by atoms with Crippen LogP contribution in [-0.2, 0) is 19.6 Å². The normalized spacial score (nSPS) is 12.7. The van der Waals surface area contributed by atoms with Gasteiger partial charge in [0.2, 0.25) is 10.0 Å². The highest BCUT2D eigenvalue weighted by molar-refractivity contribution is 7.89. The molecule has 0 saturated carbocycles. The summed E-state index contributed by atoms with van der Waals surface area (Å²) in [6.45, 7) is 5.51. The first-order chi connectivity index (χ1) is 10.9. The molecule has 0 aromatic heterocycles. The van der Waals surface area contributed by atoms with Crippen molar-refractivity contribution in [3.05, 3.63) is 29.3 Å². The molecule has 0 aliphatic carbocycles. The van der Waals surface area contributed by atoms with Crippen molar-refractivity contribution < 1.29 is 17.9 Å². The monoisotopic (exact) mass is 376 g/mol. The van der Waals surface area contributed by atoms with Gasteiger partial charge in [-0.2, -0.15) is 4.31 Å². The molecule has 6 nitrogen and oxygen atoms in total. The van der Waals surface area contributed by atoms with Gasteiger partial charge >= 0.3 is 5.97 Å². The third-order valence-electron chi connectivity index (χ3n) is 2.96. The first-order valence-corrected chi connectivity index (χ1v) is 9.36. The van der Waals surface area contributed by atoms with E-state index >= 15 is 0 Å². The number of nitrogens with zero attached hydrogens (tertiary/aromatic N) is 2. The van der Waals surface area contributed by atoms with Crippen molar-refractivity contribution in [3.63, 3.8) is 0 Å². The fourth-order valence-corrected chi connectivity index (χ4v) is 3.57. The molecule has 1 rings (SSSR count). The predicted molar refractivity (Wildman–Crippen MR) is 94.6 cm³/mol. The van der Waals surface area contributed by atoms with Crippen LogP contribution in [0.1, 0.15) is 20.8 Å². The van der Waals surface area contributed by atoms with E-state index in [9.17, 15) is 13.2 Å². The lowest BCUT2D eigenvalue weighted by atomic mass is 10.2. The highest BCUT2D eigenvalue weighted by Gasteiger charge is 2.28. The Balaban J connectivity index is 3.06. The molecule has 0 heterocycles. The molecule has 0 bridgehead atoms. The topological polar surface area (TPSA) is 66.9 Å². The number of sulfonamides is 1. The Hall–Kier alpha value is -1.15. The molecule has 0 radical (unpaired) electrons. The zero-order valence-electron chi connectivity index (χ0n) is 14.7. The summed E-state index contributed by atoms with van der Waals surface area (Å²) in [5, 5.41) is 0.320. The van der Waals surface area contributed by atoms with Crippen molar-refractivity contribution in [1.82, 2.24) is 9.21 Å². The standard InChI is InChI=1S/C16H25ClN2O4S/c1-16(2,3)23-15(20)12-19(10-9-18(4)5)24(21,22)14-8-6-7-13(17)11-14/h6-8,11H,9-10,12H2,1-5H3. The SMILES string of the molecule is CN(C)CCN(CC(=O)OC(C)(C)C)S(=O)(=O)c1cccc(Cl)c1. The molecule has 1 aromatic carbocycles. The average Bonchev–Trinajstić information content (AvgIpc) is 2.41. The molecule has 0 saturated heterocycles. The van der Waals surface area contributed by atoms with E-state index in [0.717, 1.165) is 4.31 Å². The number of hydrogen-bond acceptors (Lipinski definition) is 5. The van der Waals surface area contributed by atoms with Crippen LogP contribution in [0.15, 0.2) is 29.2 Å². The van der Waals surface area contributed by atoms with Gasteiger partial charge in [0.1, 0.15) is 12.1 Å².